The van der Waals surface area contributed by atoms with Crippen LogP contribution in [0.1, 0.15) is 44.9 Å². The second-order valence-corrected chi connectivity index (χ2v) is 7.74. The molecular formula is C20H26N2O2. The molecule has 1 saturated carbocycles. The van der Waals surface area contributed by atoms with E-state index < -0.39 is 0 Å². The Balaban J connectivity index is 1.52. The van der Waals surface area contributed by atoms with Crippen molar-refractivity contribution in [1.29, 1.82) is 0 Å². The number of piperidine rings is 2. The van der Waals surface area contributed by atoms with Crippen molar-refractivity contribution in [2.24, 2.45) is 11.3 Å². The SMILES string of the molecule is O=C(CC1CC1)N1CCCC2(CCCN(c3ccccc3)C2=O)C1. The van der Waals surface area contributed by atoms with Gasteiger partial charge in [-0.15, -0.1) is 0 Å². The minimum absolute atomic E-state index is 0.226. The molecule has 2 amide bonds. The zero-order valence-electron chi connectivity index (χ0n) is 14.2. The summed E-state index contributed by atoms with van der Waals surface area (Å²) in [7, 11) is 0. The minimum Gasteiger partial charge on any atom is -0.342 e. The van der Waals surface area contributed by atoms with Crippen molar-refractivity contribution in [2.45, 2.75) is 44.9 Å². The molecule has 128 valence electrons. The van der Waals surface area contributed by atoms with Crippen molar-refractivity contribution in [3.05, 3.63) is 30.3 Å². The summed E-state index contributed by atoms with van der Waals surface area (Å²) in [6.45, 7) is 2.24. The van der Waals surface area contributed by atoms with E-state index in [0.717, 1.165) is 44.5 Å². The Morgan fingerprint density at radius 1 is 1.08 bits per heavy atom. The van der Waals surface area contributed by atoms with E-state index >= 15 is 0 Å². The standard InChI is InChI=1S/C20H26N2O2/c23-18(14-16-8-9-16)21-12-4-10-20(15-21)11-5-13-22(19(20)24)17-6-2-1-3-7-17/h1-3,6-7,16H,4-5,8-15H2. The van der Waals surface area contributed by atoms with Gasteiger partial charge in [-0.1, -0.05) is 18.2 Å². The first-order valence-electron chi connectivity index (χ1n) is 9.33. The molecule has 1 aromatic carbocycles. The fourth-order valence-electron chi connectivity index (χ4n) is 4.35. The van der Waals surface area contributed by atoms with Crippen LogP contribution in [0.25, 0.3) is 0 Å². The van der Waals surface area contributed by atoms with Crippen LogP contribution in [0.3, 0.4) is 0 Å². The van der Waals surface area contributed by atoms with Crippen LogP contribution in [0.5, 0.6) is 0 Å². The molecule has 2 heterocycles. The van der Waals surface area contributed by atoms with E-state index in [9.17, 15) is 9.59 Å². The molecule has 0 aromatic heterocycles. The van der Waals surface area contributed by atoms with Gasteiger partial charge in [0.25, 0.3) is 0 Å². The number of nitrogens with zero attached hydrogens (tertiary/aromatic N) is 2. The Labute approximate surface area is 143 Å². The normalized spacial score (nSPS) is 27.6. The van der Waals surface area contributed by atoms with Crippen LogP contribution >= 0.6 is 0 Å². The summed E-state index contributed by atoms with van der Waals surface area (Å²) in [4.78, 5) is 29.8. The van der Waals surface area contributed by atoms with Gasteiger partial charge in [-0.05, 0) is 56.6 Å². The minimum atomic E-state index is -0.356. The highest BCUT2D eigenvalue weighted by Gasteiger charge is 2.47. The average Bonchev–Trinajstić information content (AvgIpc) is 3.42. The Morgan fingerprint density at radius 2 is 1.79 bits per heavy atom. The van der Waals surface area contributed by atoms with Crippen LogP contribution in [0.4, 0.5) is 5.69 Å². The Bertz CT molecular complexity index is 622. The van der Waals surface area contributed by atoms with Crippen molar-refractivity contribution >= 4 is 17.5 Å². The lowest BCUT2D eigenvalue weighted by Crippen LogP contribution is -2.57. The third-order valence-corrected chi connectivity index (χ3v) is 5.89. The largest absolute Gasteiger partial charge is 0.342 e. The maximum atomic E-state index is 13.3. The molecule has 4 rings (SSSR count). The topological polar surface area (TPSA) is 40.6 Å². The van der Waals surface area contributed by atoms with Gasteiger partial charge in [-0.3, -0.25) is 9.59 Å². The van der Waals surface area contributed by atoms with Gasteiger partial charge in [0.1, 0.15) is 0 Å². The van der Waals surface area contributed by atoms with Crippen LogP contribution in [0.2, 0.25) is 0 Å². The molecule has 0 radical (unpaired) electrons. The molecule has 1 aromatic rings. The first-order valence-corrected chi connectivity index (χ1v) is 9.33. The average molecular weight is 326 g/mol. The molecule has 4 heteroatoms. The number of anilines is 1. The second-order valence-electron chi connectivity index (χ2n) is 7.74. The number of amides is 2. The fourth-order valence-corrected chi connectivity index (χ4v) is 4.35. The van der Waals surface area contributed by atoms with Crippen LogP contribution < -0.4 is 4.90 Å². The quantitative estimate of drug-likeness (QED) is 0.856. The number of benzene rings is 1. The molecule has 4 nitrogen and oxygen atoms in total. The van der Waals surface area contributed by atoms with Crippen molar-refractivity contribution < 1.29 is 9.59 Å². The van der Waals surface area contributed by atoms with E-state index in [1.807, 2.05) is 40.1 Å². The van der Waals surface area contributed by atoms with E-state index in [0.29, 0.717) is 18.9 Å². The van der Waals surface area contributed by atoms with Gasteiger partial charge in [-0.25, -0.2) is 0 Å². The summed E-state index contributed by atoms with van der Waals surface area (Å²) in [6.07, 6.45) is 6.89. The first kappa shape index (κ1) is 15.7. The highest BCUT2D eigenvalue weighted by atomic mass is 16.2. The number of hydrogen-bond acceptors (Lipinski definition) is 2. The predicted octanol–water partition coefficient (Wildman–Crippen LogP) is 3.22. The zero-order chi connectivity index (χ0) is 16.6. The molecule has 1 unspecified atom stereocenters. The van der Waals surface area contributed by atoms with Crippen molar-refractivity contribution in [2.75, 3.05) is 24.5 Å². The lowest BCUT2D eigenvalue weighted by molar-refractivity contribution is -0.142. The third-order valence-electron chi connectivity index (χ3n) is 5.89. The molecule has 1 atom stereocenters. The van der Waals surface area contributed by atoms with Gasteiger partial charge in [0.15, 0.2) is 0 Å². The third kappa shape index (κ3) is 2.94. The predicted molar refractivity (Wildman–Crippen MR) is 93.6 cm³/mol. The van der Waals surface area contributed by atoms with E-state index in [1.54, 1.807) is 0 Å². The van der Waals surface area contributed by atoms with Gasteiger partial charge in [-0.2, -0.15) is 0 Å². The Morgan fingerprint density at radius 3 is 2.50 bits per heavy atom. The highest BCUT2D eigenvalue weighted by molar-refractivity contribution is 5.99. The fraction of sp³-hybridized carbons (Fsp3) is 0.600. The van der Waals surface area contributed by atoms with Crippen molar-refractivity contribution in [3.63, 3.8) is 0 Å². The lowest BCUT2D eigenvalue weighted by atomic mass is 9.72. The van der Waals surface area contributed by atoms with E-state index in [4.69, 9.17) is 0 Å². The Hall–Kier alpha value is -1.84. The maximum absolute atomic E-state index is 13.3. The molecule has 1 spiro atoms. The molecule has 1 aliphatic carbocycles. The number of para-hydroxylation sites is 1. The van der Waals surface area contributed by atoms with Gasteiger partial charge in [0, 0.05) is 31.7 Å². The van der Waals surface area contributed by atoms with E-state index in [-0.39, 0.29) is 17.2 Å². The van der Waals surface area contributed by atoms with Gasteiger partial charge >= 0.3 is 0 Å². The van der Waals surface area contributed by atoms with E-state index in [2.05, 4.69) is 0 Å². The van der Waals surface area contributed by atoms with E-state index in [1.165, 1.54) is 12.8 Å². The maximum Gasteiger partial charge on any atom is 0.234 e. The van der Waals surface area contributed by atoms with Crippen LogP contribution in [0, 0.1) is 11.3 Å². The second kappa shape index (κ2) is 6.23. The summed E-state index contributed by atoms with van der Waals surface area (Å²) in [6, 6.07) is 9.96. The first-order chi connectivity index (χ1) is 11.7. The molecule has 0 N–H and O–H groups in total. The molecule has 3 fully saturated rings. The van der Waals surface area contributed by atoms with Gasteiger partial charge in [0.2, 0.25) is 11.8 Å². The molecule has 2 aliphatic heterocycles. The number of likely N-dealkylation sites (tertiary alicyclic amines) is 1. The van der Waals surface area contributed by atoms with Crippen molar-refractivity contribution in [1.82, 2.24) is 4.90 Å². The molecule has 2 saturated heterocycles. The van der Waals surface area contributed by atoms with Crippen LogP contribution in [0.15, 0.2) is 30.3 Å². The smallest absolute Gasteiger partial charge is 0.234 e. The Kier molecular flexibility index (Phi) is 4.07. The lowest BCUT2D eigenvalue weighted by Gasteiger charge is -2.47. The molecular weight excluding hydrogens is 300 g/mol. The molecule has 0 bridgehead atoms. The zero-order valence-corrected chi connectivity index (χ0v) is 14.2. The van der Waals surface area contributed by atoms with Crippen molar-refractivity contribution in [3.8, 4) is 0 Å². The number of hydrogen-bond donors (Lipinski definition) is 0. The number of rotatable bonds is 3. The summed E-state index contributed by atoms with van der Waals surface area (Å²) in [5, 5.41) is 0. The van der Waals surface area contributed by atoms with Gasteiger partial charge in [0.05, 0.1) is 5.41 Å². The molecule has 24 heavy (non-hydrogen) atoms. The monoisotopic (exact) mass is 326 g/mol. The van der Waals surface area contributed by atoms with Crippen LogP contribution in [-0.4, -0.2) is 36.3 Å². The summed E-state index contributed by atoms with van der Waals surface area (Å²) in [5.74, 6) is 1.10. The van der Waals surface area contributed by atoms with Crippen LogP contribution in [-0.2, 0) is 9.59 Å². The summed E-state index contributed by atoms with van der Waals surface area (Å²) >= 11 is 0. The highest BCUT2D eigenvalue weighted by Crippen LogP contribution is 2.42. The summed E-state index contributed by atoms with van der Waals surface area (Å²) < 4.78 is 0. The van der Waals surface area contributed by atoms with Gasteiger partial charge < -0.3 is 9.80 Å². The molecule has 3 aliphatic rings. The summed E-state index contributed by atoms with van der Waals surface area (Å²) in [5.41, 5.74) is 0.633. The number of carbonyl (C=O) groups is 2. The number of carbonyl (C=O) groups excluding carboxylic acids is 2.